The number of aliphatic imine (C=N–C) groups is 1. The van der Waals surface area contributed by atoms with Gasteiger partial charge in [0.05, 0.1) is 12.7 Å². The molecule has 1 fully saturated rings. The highest BCUT2D eigenvalue weighted by Gasteiger charge is 2.15. The van der Waals surface area contributed by atoms with Crippen molar-refractivity contribution >= 4 is 41.7 Å². The molecule has 2 rings (SSSR count). The number of nitrogens with one attached hydrogen (secondary N) is 2. The van der Waals surface area contributed by atoms with Crippen LogP contribution in [0.2, 0.25) is 0 Å². The standard InChI is InChI=1S/C17H32N6O2S.HI/c1-14-21-22-16(23(14)2)12-20-17(19-8-5-11-26-3)18-7-4-9-25-15-6-10-24-13-15;/h15H,4-13H2,1-3H3,(H2,18,19,20);1H. The molecule has 0 saturated carbocycles. The first-order valence-electron chi connectivity index (χ1n) is 9.26. The van der Waals surface area contributed by atoms with Gasteiger partial charge in [0.2, 0.25) is 0 Å². The van der Waals surface area contributed by atoms with Gasteiger partial charge >= 0.3 is 0 Å². The van der Waals surface area contributed by atoms with Crippen LogP contribution >= 0.6 is 35.7 Å². The average Bonchev–Trinajstić information content (AvgIpc) is 3.27. The molecule has 10 heteroatoms. The van der Waals surface area contributed by atoms with Crippen LogP contribution in [0.5, 0.6) is 0 Å². The highest BCUT2D eigenvalue weighted by atomic mass is 127. The number of nitrogens with zero attached hydrogens (tertiary/aromatic N) is 4. The molecular formula is C17H33IN6O2S. The summed E-state index contributed by atoms with van der Waals surface area (Å²) in [6.45, 7) is 6.46. The Hall–Kier alpha value is -0.590. The van der Waals surface area contributed by atoms with E-state index in [1.54, 1.807) is 0 Å². The Morgan fingerprint density at radius 3 is 2.74 bits per heavy atom. The highest BCUT2D eigenvalue weighted by Crippen LogP contribution is 2.07. The summed E-state index contributed by atoms with van der Waals surface area (Å²) in [5, 5.41) is 15.0. The largest absolute Gasteiger partial charge is 0.379 e. The van der Waals surface area contributed by atoms with E-state index in [-0.39, 0.29) is 30.1 Å². The van der Waals surface area contributed by atoms with E-state index in [4.69, 9.17) is 9.47 Å². The Morgan fingerprint density at radius 1 is 1.33 bits per heavy atom. The molecule has 27 heavy (non-hydrogen) atoms. The van der Waals surface area contributed by atoms with Crippen molar-refractivity contribution in [2.45, 2.75) is 38.8 Å². The van der Waals surface area contributed by atoms with Crippen molar-refractivity contribution in [1.29, 1.82) is 0 Å². The molecule has 2 N–H and O–H groups in total. The van der Waals surface area contributed by atoms with Gasteiger partial charge in [-0.05, 0) is 38.2 Å². The van der Waals surface area contributed by atoms with Crippen molar-refractivity contribution in [3.63, 3.8) is 0 Å². The molecular weight excluding hydrogens is 479 g/mol. The second-order valence-corrected chi connectivity index (χ2v) is 7.28. The van der Waals surface area contributed by atoms with Crippen LogP contribution in [0.15, 0.2) is 4.99 Å². The first kappa shape index (κ1) is 24.4. The van der Waals surface area contributed by atoms with Gasteiger partial charge in [0, 0.05) is 33.4 Å². The van der Waals surface area contributed by atoms with Crippen LogP contribution in [0.4, 0.5) is 0 Å². The van der Waals surface area contributed by atoms with Crippen molar-refractivity contribution in [3.8, 4) is 0 Å². The maximum atomic E-state index is 5.80. The van der Waals surface area contributed by atoms with Crippen LogP contribution in [0.3, 0.4) is 0 Å². The predicted molar refractivity (Wildman–Crippen MR) is 121 cm³/mol. The van der Waals surface area contributed by atoms with Crippen LogP contribution < -0.4 is 10.6 Å². The Bertz CT molecular complexity index is 552. The second kappa shape index (κ2) is 14.4. The molecule has 1 aliphatic rings. The third-order valence-electron chi connectivity index (χ3n) is 4.23. The molecule has 0 aromatic carbocycles. The third kappa shape index (κ3) is 9.44. The Labute approximate surface area is 183 Å². The number of rotatable bonds is 11. The van der Waals surface area contributed by atoms with Gasteiger partial charge in [-0.3, -0.25) is 0 Å². The zero-order chi connectivity index (χ0) is 18.6. The number of hydrogen-bond acceptors (Lipinski definition) is 6. The third-order valence-corrected chi connectivity index (χ3v) is 4.93. The summed E-state index contributed by atoms with van der Waals surface area (Å²) < 4.78 is 13.1. The van der Waals surface area contributed by atoms with Crippen molar-refractivity contribution in [2.75, 3.05) is 44.9 Å². The molecule has 1 unspecified atom stereocenters. The zero-order valence-corrected chi connectivity index (χ0v) is 19.7. The monoisotopic (exact) mass is 512 g/mol. The quantitative estimate of drug-likeness (QED) is 0.202. The SMILES string of the molecule is CSCCCNC(=NCc1nnc(C)n1C)NCCCOC1CCOC1.I. The molecule has 156 valence electrons. The zero-order valence-electron chi connectivity index (χ0n) is 16.6. The highest BCUT2D eigenvalue weighted by molar-refractivity contribution is 14.0. The Kier molecular flexibility index (Phi) is 13.1. The summed E-state index contributed by atoms with van der Waals surface area (Å²) in [4.78, 5) is 4.64. The van der Waals surface area contributed by atoms with E-state index in [2.05, 4.69) is 32.1 Å². The van der Waals surface area contributed by atoms with Crippen molar-refractivity contribution in [2.24, 2.45) is 12.0 Å². The lowest BCUT2D eigenvalue weighted by molar-refractivity contribution is 0.0420. The molecule has 0 spiro atoms. The van der Waals surface area contributed by atoms with Crippen LogP contribution in [0.1, 0.15) is 30.9 Å². The molecule has 1 aliphatic heterocycles. The van der Waals surface area contributed by atoms with Gasteiger partial charge < -0.3 is 24.7 Å². The lowest BCUT2D eigenvalue weighted by Gasteiger charge is -2.13. The predicted octanol–water partition coefficient (Wildman–Crippen LogP) is 1.73. The van der Waals surface area contributed by atoms with Gasteiger partial charge in [0.1, 0.15) is 12.4 Å². The first-order valence-corrected chi connectivity index (χ1v) is 10.7. The van der Waals surface area contributed by atoms with E-state index in [0.717, 1.165) is 75.5 Å². The fourth-order valence-electron chi connectivity index (χ4n) is 2.51. The molecule has 0 radical (unpaired) electrons. The minimum atomic E-state index is 0. The van der Waals surface area contributed by atoms with Crippen LogP contribution in [-0.2, 0) is 23.1 Å². The number of hydrogen-bond donors (Lipinski definition) is 2. The topological polar surface area (TPSA) is 85.6 Å². The normalized spacial score (nSPS) is 17.0. The van der Waals surface area contributed by atoms with Gasteiger partial charge in [-0.2, -0.15) is 11.8 Å². The Balaban J connectivity index is 0.00000364. The molecule has 8 nitrogen and oxygen atoms in total. The summed E-state index contributed by atoms with van der Waals surface area (Å²) in [6, 6.07) is 0. The minimum Gasteiger partial charge on any atom is -0.379 e. The first-order chi connectivity index (χ1) is 12.7. The summed E-state index contributed by atoms with van der Waals surface area (Å²) >= 11 is 1.86. The van der Waals surface area contributed by atoms with E-state index in [9.17, 15) is 0 Å². The fraction of sp³-hybridized carbons (Fsp3) is 0.824. The van der Waals surface area contributed by atoms with E-state index in [0.29, 0.717) is 6.54 Å². The van der Waals surface area contributed by atoms with Gasteiger partial charge in [-0.15, -0.1) is 34.2 Å². The smallest absolute Gasteiger partial charge is 0.191 e. The van der Waals surface area contributed by atoms with E-state index in [1.165, 1.54) is 0 Å². The van der Waals surface area contributed by atoms with Crippen LogP contribution in [-0.4, -0.2) is 71.7 Å². The summed E-state index contributed by atoms with van der Waals surface area (Å²) in [5.41, 5.74) is 0. The number of aromatic nitrogens is 3. The number of ether oxygens (including phenoxy) is 2. The van der Waals surface area contributed by atoms with Gasteiger partial charge in [-0.1, -0.05) is 0 Å². The molecule has 0 bridgehead atoms. The van der Waals surface area contributed by atoms with E-state index < -0.39 is 0 Å². The molecule has 0 amide bonds. The van der Waals surface area contributed by atoms with Crippen molar-refractivity contribution < 1.29 is 9.47 Å². The van der Waals surface area contributed by atoms with Gasteiger partial charge in [0.15, 0.2) is 11.8 Å². The molecule has 2 heterocycles. The van der Waals surface area contributed by atoms with Crippen LogP contribution in [0.25, 0.3) is 0 Å². The lowest BCUT2D eigenvalue weighted by atomic mass is 10.3. The van der Waals surface area contributed by atoms with Gasteiger partial charge in [0.25, 0.3) is 0 Å². The second-order valence-electron chi connectivity index (χ2n) is 6.30. The van der Waals surface area contributed by atoms with Crippen LogP contribution in [0, 0.1) is 6.92 Å². The maximum Gasteiger partial charge on any atom is 0.191 e. The molecule has 1 atom stereocenters. The summed E-state index contributed by atoms with van der Waals surface area (Å²) in [5.74, 6) is 3.71. The fourth-order valence-corrected chi connectivity index (χ4v) is 2.94. The molecule has 1 saturated heterocycles. The number of halogens is 1. The molecule has 0 aliphatic carbocycles. The molecule has 1 aromatic rings. The summed E-state index contributed by atoms with van der Waals surface area (Å²) in [7, 11) is 1.96. The van der Waals surface area contributed by atoms with E-state index in [1.807, 2.05) is 30.3 Å². The van der Waals surface area contributed by atoms with Gasteiger partial charge in [-0.25, -0.2) is 4.99 Å². The lowest BCUT2D eigenvalue weighted by Crippen LogP contribution is -2.39. The minimum absolute atomic E-state index is 0. The number of thioether (sulfide) groups is 1. The molecule has 1 aromatic heterocycles. The van der Waals surface area contributed by atoms with E-state index >= 15 is 0 Å². The number of guanidine groups is 1. The average molecular weight is 512 g/mol. The van der Waals surface area contributed by atoms with Crippen molar-refractivity contribution in [3.05, 3.63) is 11.6 Å². The number of aryl methyl sites for hydroxylation is 1. The maximum absolute atomic E-state index is 5.80. The Morgan fingerprint density at radius 2 is 2.11 bits per heavy atom. The summed E-state index contributed by atoms with van der Waals surface area (Å²) in [6.07, 6.45) is 5.45. The van der Waals surface area contributed by atoms with Crippen molar-refractivity contribution in [1.82, 2.24) is 25.4 Å².